The van der Waals surface area contributed by atoms with Gasteiger partial charge in [-0.05, 0) is 12.1 Å². The van der Waals surface area contributed by atoms with Gasteiger partial charge in [0.15, 0.2) is 17.6 Å². The normalized spacial score (nSPS) is 11.7. The fourth-order valence-corrected chi connectivity index (χ4v) is 1.52. The summed E-state index contributed by atoms with van der Waals surface area (Å²) in [5, 5.41) is 18.1. The molecule has 0 amide bonds. The minimum atomic E-state index is -1.27. The Morgan fingerprint density at radius 2 is 2.07 bits per heavy atom. The molecule has 1 rings (SSSR count). The number of nitriles is 1. The molecular weight excluding hydrogens is 218 g/mol. The minimum Gasteiger partial charge on any atom is -0.493 e. The van der Waals surface area contributed by atoms with Gasteiger partial charge in [-0.3, -0.25) is 0 Å². The molecule has 15 heavy (non-hydrogen) atoms. The Morgan fingerprint density at radius 1 is 1.40 bits per heavy atom. The van der Waals surface area contributed by atoms with Gasteiger partial charge in [-0.25, -0.2) is 0 Å². The number of hydrogen-bond acceptors (Lipinski definition) is 4. The number of hydrogen-bond donors (Lipinski definition) is 1. The van der Waals surface area contributed by atoms with Gasteiger partial charge < -0.3 is 14.6 Å². The van der Waals surface area contributed by atoms with Gasteiger partial charge in [-0.2, -0.15) is 5.26 Å². The lowest BCUT2D eigenvalue weighted by Crippen LogP contribution is -1.98. The monoisotopic (exact) mass is 227 g/mol. The van der Waals surface area contributed by atoms with Gasteiger partial charge in [0, 0.05) is 5.56 Å². The Kier molecular flexibility index (Phi) is 3.78. The average molecular weight is 228 g/mol. The molecule has 0 saturated heterocycles. The van der Waals surface area contributed by atoms with Gasteiger partial charge in [-0.1, -0.05) is 11.6 Å². The Bertz CT molecular complexity index is 400. The molecule has 0 bridgehead atoms. The molecule has 0 spiro atoms. The van der Waals surface area contributed by atoms with Crippen LogP contribution in [0.2, 0.25) is 5.02 Å². The first-order chi connectivity index (χ1) is 7.15. The van der Waals surface area contributed by atoms with E-state index in [2.05, 4.69) is 0 Å². The van der Waals surface area contributed by atoms with E-state index in [1.807, 2.05) is 0 Å². The highest BCUT2D eigenvalue weighted by Gasteiger charge is 2.17. The number of methoxy groups -OCH3 is 2. The maximum atomic E-state index is 9.35. The zero-order valence-electron chi connectivity index (χ0n) is 8.32. The van der Waals surface area contributed by atoms with Gasteiger partial charge in [0.05, 0.1) is 25.3 Å². The van der Waals surface area contributed by atoms with Crippen LogP contribution in [0.1, 0.15) is 11.7 Å². The first-order valence-corrected chi connectivity index (χ1v) is 4.51. The van der Waals surface area contributed by atoms with Gasteiger partial charge in [0.1, 0.15) is 0 Å². The molecule has 0 radical (unpaired) electrons. The van der Waals surface area contributed by atoms with E-state index in [9.17, 15) is 5.11 Å². The highest BCUT2D eigenvalue weighted by molar-refractivity contribution is 6.33. The smallest absolute Gasteiger partial charge is 0.179 e. The van der Waals surface area contributed by atoms with Crippen molar-refractivity contribution in [2.24, 2.45) is 0 Å². The van der Waals surface area contributed by atoms with Crippen LogP contribution in [0.3, 0.4) is 0 Å². The van der Waals surface area contributed by atoms with Crippen LogP contribution in [0.4, 0.5) is 0 Å². The van der Waals surface area contributed by atoms with Crippen LogP contribution in [0.15, 0.2) is 12.1 Å². The summed E-state index contributed by atoms with van der Waals surface area (Å²) in [5.74, 6) is 0.766. The first kappa shape index (κ1) is 11.6. The third kappa shape index (κ3) is 2.14. The van der Waals surface area contributed by atoms with Crippen molar-refractivity contribution in [2.45, 2.75) is 6.10 Å². The highest BCUT2D eigenvalue weighted by atomic mass is 35.5. The number of halogens is 1. The summed E-state index contributed by atoms with van der Waals surface area (Å²) in [7, 11) is 2.92. The van der Waals surface area contributed by atoms with Crippen LogP contribution in [0.25, 0.3) is 0 Å². The SMILES string of the molecule is COc1ccc(C(O)C#N)c(Cl)c1OC. The van der Waals surface area contributed by atoms with Crippen molar-refractivity contribution in [3.05, 3.63) is 22.7 Å². The molecule has 80 valence electrons. The number of benzene rings is 1. The molecule has 4 nitrogen and oxygen atoms in total. The summed E-state index contributed by atoms with van der Waals surface area (Å²) in [4.78, 5) is 0. The van der Waals surface area contributed by atoms with Crippen LogP contribution in [-0.2, 0) is 0 Å². The van der Waals surface area contributed by atoms with Gasteiger partial charge >= 0.3 is 0 Å². The average Bonchev–Trinajstić information content (AvgIpc) is 2.27. The zero-order valence-corrected chi connectivity index (χ0v) is 9.08. The Hall–Kier alpha value is -1.44. The summed E-state index contributed by atoms with van der Waals surface area (Å²) in [6, 6.07) is 4.79. The summed E-state index contributed by atoms with van der Waals surface area (Å²) in [5.41, 5.74) is 0.303. The number of nitrogens with zero attached hydrogens (tertiary/aromatic N) is 1. The van der Waals surface area contributed by atoms with E-state index in [-0.39, 0.29) is 5.02 Å². The van der Waals surface area contributed by atoms with Crippen molar-refractivity contribution >= 4 is 11.6 Å². The van der Waals surface area contributed by atoms with Crippen LogP contribution >= 0.6 is 11.6 Å². The van der Waals surface area contributed by atoms with Crippen LogP contribution in [0, 0.1) is 11.3 Å². The molecule has 1 unspecified atom stereocenters. The zero-order chi connectivity index (χ0) is 11.4. The largest absolute Gasteiger partial charge is 0.493 e. The minimum absolute atomic E-state index is 0.186. The molecular formula is C10H10ClNO3. The molecule has 1 N–H and O–H groups in total. The van der Waals surface area contributed by atoms with E-state index in [4.69, 9.17) is 26.3 Å². The van der Waals surface area contributed by atoms with Crippen molar-refractivity contribution in [1.29, 1.82) is 5.26 Å². The second-order valence-corrected chi connectivity index (χ2v) is 3.11. The van der Waals surface area contributed by atoms with E-state index in [0.29, 0.717) is 17.1 Å². The van der Waals surface area contributed by atoms with Gasteiger partial charge in [-0.15, -0.1) is 0 Å². The van der Waals surface area contributed by atoms with Crippen LogP contribution in [-0.4, -0.2) is 19.3 Å². The van der Waals surface area contributed by atoms with E-state index < -0.39 is 6.10 Å². The van der Waals surface area contributed by atoms with Crippen LogP contribution in [0.5, 0.6) is 11.5 Å². The Balaban J connectivity index is 3.30. The second kappa shape index (κ2) is 4.87. The quantitative estimate of drug-likeness (QED) is 0.802. The number of rotatable bonds is 3. The summed E-state index contributed by atoms with van der Waals surface area (Å²) < 4.78 is 10.0. The highest BCUT2D eigenvalue weighted by Crippen LogP contribution is 2.39. The van der Waals surface area contributed by atoms with E-state index >= 15 is 0 Å². The maximum absolute atomic E-state index is 9.35. The van der Waals surface area contributed by atoms with Gasteiger partial charge in [0.25, 0.3) is 0 Å². The molecule has 1 aromatic carbocycles. The molecule has 0 aromatic heterocycles. The van der Waals surface area contributed by atoms with Crippen LogP contribution < -0.4 is 9.47 Å². The molecule has 0 heterocycles. The number of ether oxygens (including phenoxy) is 2. The number of aliphatic hydroxyl groups excluding tert-OH is 1. The molecule has 1 atom stereocenters. The fraction of sp³-hybridized carbons (Fsp3) is 0.300. The van der Waals surface area contributed by atoms with Gasteiger partial charge in [0.2, 0.25) is 0 Å². The molecule has 0 aliphatic carbocycles. The van der Waals surface area contributed by atoms with Crippen molar-refractivity contribution in [3.8, 4) is 17.6 Å². The van der Waals surface area contributed by atoms with Crippen molar-refractivity contribution in [1.82, 2.24) is 0 Å². The molecule has 5 heteroatoms. The molecule has 1 aromatic rings. The van der Waals surface area contributed by atoms with E-state index in [0.717, 1.165) is 0 Å². The van der Waals surface area contributed by atoms with Crippen molar-refractivity contribution in [3.63, 3.8) is 0 Å². The lowest BCUT2D eigenvalue weighted by Gasteiger charge is -2.12. The first-order valence-electron chi connectivity index (χ1n) is 4.13. The predicted octanol–water partition coefficient (Wildman–Crippen LogP) is 1.91. The molecule has 0 fully saturated rings. The molecule has 0 saturated carbocycles. The molecule has 0 aliphatic heterocycles. The fourth-order valence-electron chi connectivity index (χ4n) is 1.19. The summed E-state index contributed by atoms with van der Waals surface area (Å²) in [6.45, 7) is 0. The Morgan fingerprint density at radius 3 is 2.53 bits per heavy atom. The number of aliphatic hydroxyl groups is 1. The lowest BCUT2D eigenvalue weighted by molar-refractivity contribution is 0.235. The summed E-state index contributed by atoms with van der Waals surface area (Å²) >= 11 is 5.95. The lowest BCUT2D eigenvalue weighted by atomic mass is 10.1. The third-order valence-electron chi connectivity index (χ3n) is 1.93. The van der Waals surface area contributed by atoms with Crippen molar-refractivity contribution in [2.75, 3.05) is 14.2 Å². The molecule has 0 aliphatic rings. The topological polar surface area (TPSA) is 62.5 Å². The summed E-state index contributed by atoms with van der Waals surface area (Å²) in [6.07, 6.45) is -1.27. The standard InChI is InChI=1S/C10H10ClNO3/c1-14-8-4-3-6(7(13)5-12)9(11)10(8)15-2/h3-4,7,13H,1-2H3. The van der Waals surface area contributed by atoms with E-state index in [1.165, 1.54) is 20.3 Å². The third-order valence-corrected chi connectivity index (χ3v) is 2.32. The van der Waals surface area contributed by atoms with Crippen molar-refractivity contribution < 1.29 is 14.6 Å². The Labute approximate surface area is 92.6 Å². The second-order valence-electron chi connectivity index (χ2n) is 2.74. The predicted molar refractivity (Wildman–Crippen MR) is 55.1 cm³/mol. The maximum Gasteiger partial charge on any atom is 0.179 e. The van der Waals surface area contributed by atoms with E-state index in [1.54, 1.807) is 12.1 Å².